The van der Waals surface area contributed by atoms with Gasteiger partial charge in [0, 0.05) is 16.7 Å². The Kier molecular flexibility index (Phi) is 5.60. The molecule has 0 aliphatic carbocycles. The fourth-order valence-corrected chi connectivity index (χ4v) is 5.11. The third kappa shape index (κ3) is 3.54. The molecule has 0 saturated carbocycles. The smallest absolute Gasteiger partial charge is 0.226 e. The Morgan fingerprint density at radius 2 is 1.62 bits per heavy atom. The van der Waals surface area contributed by atoms with Crippen molar-refractivity contribution in [2.45, 2.75) is 12.1 Å². The second kappa shape index (κ2) is 9.09. The number of para-hydroxylation sites is 1. The number of ether oxygens (including phenoxy) is 5. The van der Waals surface area contributed by atoms with E-state index in [4.69, 9.17) is 23.7 Å². The van der Waals surface area contributed by atoms with Crippen LogP contribution in [0, 0.1) is 0 Å². The quantitative estimate of drug-likeness (QED) is 0.403. The molecule has 4 aromatic rings. The standard InChI is InChI=1S/C28H26N4O5/c1-33-17-11-9-16(10-12-17)24-22-23(31-28-29-15-30-32(24)28)18-7-5-6-8-20(18)37-25(22)19-13-14-21(34-2)27(36-4)26(19)35-3/h5-15,24-25H,1-4H3,(H,29,30,31)/t24-,25+/m1/s1. The average molecular weight is 499 g/mol. The lowest BCUT2D eigenvalue weighted by atomic mass is 9.84. The zero-order valence-electron chi connectivity index (χ0n) is 20.9. The van der Waals surface area contributed by atoms with Crippen LogP contribution in [0.15, 0.2) is 72.6 Å². The van der Waals surface area contributed by atoms with Gasteiger partial charge < -0.3 is 29.0 Å². The number of fused-ring (bicyclic) bond motifs is 3. The zero-order valence-corrected chi connectivity index (χ0v) is 20.9. The molecule has 188 valence electrons. The third-order valence-corrected chi connectivity index (χ3v) is 6.77. The summed E-state index contributed by atoms with van der Waals surface area (Å²) in [6.07, 6.45) is 1.02. The second-order valence-corrected chi connectivity index (χ2v) is 8.58. The number of hydrogen-bond donors (Lipinski definition) is 1. The van der Waals surface area contributed by atoms with E-state index in [1.165, 1.54) is 0 Å². The highest BCUT2D eigenvalue weighted by molar-refractivity contribution is 5.85. The van der Waals surface area contributed by atoms with Crippen molar-refractivity contribution in [2.75, 3.05) is 33.8 Å². The molecule has 3 aromatic carbocycles. The second-order valence-electron chi connectivity index (χ2n) is 8.58. The molecule has 1 aromatic heterocycles. The van der Waals surface area contributed by atoms with Crippen molar-refractivity contribution in [1.29, 1.82) is 0 Å². The minimum Gasteiger partial charge on any atom is -0.497 e. The minimum absolute atomic E-state index is 0.309. The van der Waals surface area contributed by atoms with Crippen LogP contribution in [0.1, 0.15) is 28.8 Å². The van der Waals surface area contributed by atoms with Gasteiger partial charge in [0.05, 0.1) is 34.1 Å². The van der Waals surface area contributed by atoms with Crippen molar-refractivity contribution < 1.29 is 23.7 Å². The zero-order chi connectivity index (χ0) is 25.5. The molecule has 6 rings (SSSR count). The summed E-state index contributed by atoms with van der Waals surface area (Å²) in [6, 6.07) is 19.4. The molecule has 9 nitrogen and oxygen atoms in total. The van der Waals surface area contributed by atoms with Crippen molar-refractivity contribution in [3.8, 4) is 28.7 Å². The number of benzene rings is 3. The molecule has 0 spiro atoms. The maximum Gasteiger partial charge on any atom is 0.226 e. The molecule has 0 bridgehead atoms. The predicted molar refractivity (Wildman–Crippen MR) is 138 cm³/mol. The van der Waals surface area contributed by atoms with Crippen LogP contribution < -0.4 is 29.0 Å². The van der Waals surface area contributed by atoms with Crippen LogP contribution in [0.5, 0.6) is 28.7 Å². The van der Waals surface area contributed by atoms with Crippen LogP contribution in [0.25, 0.3) is 5.70 Å². The van der Waals surface area contributed by atoms with Gasteiger partial charge in [-0.1, -0.05) is 24.3 Å². The summed E-state index contributed by atoms with van der Waals surface area (Å²) in [5.74, 6) is 3.77. The van der Waals surface area contributed by atoms with Gasteiger partial charge in [-0.3, -0.25) is 0 Å². The van der Waals surface area contributed by atoms with Gasteiger partial charge >= 0.3 is 0 Å². The molecule has 0 fully saturated rings. The van der Waals surface area contributed by atoms with Gasteiger partial charge in [0.15, 0.2) is 17.6 Å². The van der Waals surface area contributed by atoms with Crippen molar-refractivity contribution >= 4 is 11.6 Å². The number of methoxy groups -OCH3 is 4. The first-order valence-corrected chi connectivity index (χ1v) is 11.8. The largest absolute Gasteiger partial charge is 0.497 e. The van der Waals surface area contributed by atoms with E-state index in [9.17, 15) is 0 Å². The Morgan fingerprint density at radius 1 is 0.838 bits per heavy atom. The summed E-state index contributed by atoms with van der Waals surface area (Å²) in [7, 11) is 6.46. The Bertz CT molecular complexity index is 1490. The highest BCUT2D eigenvalue weighted by atomic mass is 16.5. The number of nitrogens with zero attached hydrogens (tertiary/aromatic N) is 3. The van der Waals surface area contributed by atoms with E-state index < -0.39 is 6.10 Å². The molecule has 37 heavy (non-hydrogen) atoms. The molecule has 2 aliphatic heterocycles. The fraction of sp³-hybridized carbons (Fsp3) is 0.214. The van der Waals surface area contributed by atoms with Crippen LogP contribution in [0.2, 0.25) is 0 Å². The van der Waals surface area contributed by atoms with E-state index in [-0.39, 0.29) is 6.04 Å². The molecule has 2 atom stereocenters. The minimum atomic E-state index is -0.531. The van der Waals surface area contributed by atoms with Gasteiger partial charge in [0.25, 0.3) is 0 Å². The number of anilines is 1. The van der Waals surface area contributed by atoms with Crippen molar-refractivity contribution in [3.63, 3.8) is 0 Å². The van der Waals surface area contributed by atoms with E-state index in [1.807, 2.05) is 65.3 Å². The molecule has 1 N–H and O–H groups in total. The molecule has 2 aliphatic rings. The molecule has 0 amide bonds. The highest BCUT2D eigenvalue weighted by Gasteiger charge is 2.42. The van der Waals surface area contributed by atoms with Gasteiger partial charge in [-0.2, -0.15) is 10.1 Å². The van der Waals surface area contributed by atoms with Gasteiger partial charge in [-0.25, -0.2) is 4.68 Å². The van der Waals surface area contributed by atoms with E-state index in [2.05, 4.69) is 15.4 Å². The van der Waals surface area contributed by atoms with Crippen molar-refractivity contribution in [1.82, 2.24) is 14.8 Å². The summed E-state index contributed by atoms with van der Waals surface area (Å²) >= 11 is 0. The first-order valence-electron chi connectivity index (χ1n) is 11.8. The van der Waals surface area contributed by atoms with Crippen LogP contribution >= 0.6 is 0 Å². The van der Waals surface area contributed by atoms with Crippen LogP contribution in [0.4, 0.5) is 5.95 Å². The highest BCUT2D eigenvalue weighted by Crippen LogP contribution is 2.54. The molecule has 0 saturated heterocycles. The lowest BCUT2D eigenvalue weighted by Gasteiger charge is -2.39. The van der Waals surface area contributed by atoms with Crippen molar-refractivity contribution in [3.05, 3.63) is 89.3 Å². The molecule has 0 radical (unpaired) electrons. The fourth-order valence-electron chi connectivity index (χ4n) is 5.11. The first kappa shape index (κ1) is 22.8. The van der Waals surface area contributed by atoms with Gasteiger partial charge in [-0.15, -0.1) is 0 Å². The molecule has 0 unspecified atom stereocenters. The van der Waals surface area contributed by atoms with Gasteiger partial charge in [-0.05, 0) is 42.0 Å². The molecular formula is C28H26N4O5. The Labute approximate surface area is 214 Å². The number of aromatic nitrogens is 3. The summed E-state index contributed by atoms with van der Waals surface area (Å²) < 4.78 is 31.1. The van der Waals surface area contributed by atoms with E-state index in [0.717, 1.165) is 39.5 Å². The van der Waals surface area contributed by atoms with E-state index in [0.29, 0.717) is 23.2 Å². The first-order chi connectivity index (χ1) is 18.2. The Morgan fingerprint density at radius 3 is 2.35 bits per heavy atom. The normalized spacial score (nSPS) is 17.5. The summed E-state index contributed by atoms with van der Waals surface area (Å²) in [4.78, 5) is 4.49. The topological polar surface area (TPSA) is 88.9 Å². The van der Waals surface area contributed by atoms with Gasteiger partial charge in [0.2, 0.25) is 11.7 Å². The summed E-state index contributed by atoms with van der Waals surface area (Å²) in [5.41, 5.74) is 4.64. The predicted octanol–water partition coefficient (Wildman–Crippen LogP) is 4.87. The van der Waals surface area contributed by atoms with E-state index >= 15 is 0 Å². The Hall–Kier alpha value is -4.66. The van der Waals surface area contributed by atoms with Crippen molar-refractivity contribution in [2.24, 2.45) is 0 Å². The number of hydrogen-bond acceptors (Lipinski definition) is 8. The van der Waals surface area contributed by atoms with Crippen LogP contribution in [-0.2, 0) is 0 Å². The average Bonchev–Trinajstić information content (AvgIpc) is 3.43. The maximum absolute atomic E-state index is 6.73. The molecule has 9 heteroatoms. The molecular weight excluding hydrogens is 472 g/mol. The lowest BCUT2D eigenvalue weighted by Crippen LogP contribution is -2.32. The monoisotopic (exact) mass is 498 g/mol. The SMILES string of the molecule is COc1ccc([C@@H]2C3=C(Nc4ncnn42)c2ccccc2O[C@H]3c2ccc(OC)c(OC)c2OC)cc1. The molecule has 3 heterocycles. The summed E-state index contributed by atoms with van der Waals surface area (Å²) in [5, 5.41) is 8.10. The Balaban J connectivity index is 1.62. The number of nitrogens with one attached hydrogen (secondary N) is 1. The summed E-state index contributed by atoms with van der Waals surface area (Å²) in [6.45, 7) is 0. The lowest BCUT2D eigenvalue weighted by molar-refractivity contribution is 0.215. The van der Waals surface area contributed by atoms with Gasteiger partial charge in [0.1, 0.15) is 23.9 Å². The number of rotatable bonds is 6. The van der Waals surface area contributed by atoms with E-state index in [1.54, 1.807) is 34.8 Å². The third-order valence-electron chi connectivity index (χ3n) is 6.77. The van der Waals surface area contributed by atoms with Crippen LogP contribution in [-0.4, -0.2) is 43.2 Å². The van der Waals surface area contributed by atoms with Crippen LogP contribution in [0.3, 0.4) is 0 Å². The maximum atomic E-state index is 6.73.